The molecule has 0 aliphatic rings. The number of alkyl halides is 3. The van der Waals surface area contributed by atoms with Gasteiger partial charge < -0.3 is 19.7 Å². The van der Waals surface area contributed by atoms with E-state index in [0.717, 1.165) is 10.1 Å². The molecule has 1 aromatic heterocycles. The van der Waals surface area contributed by atoms with Gasteiger partial charge in [0.05, 0.1) is 0 Å². The van der Waals surface area contributed by atoms with Crippen molar-refractivity contribution < 1.29 is 27.8 Å². The summed E-state index contributed by atoms with van der Waals surface area (Å²) in [6.45, 7) is 5.16. The molecule has 2 rings (SSSR count). The van der Waals surface area contributed by atoms with Crippen LogP contribution in [0.2, 0.25) is 0 Å². The number of aliphatic hydroxyl groups is 1. The Morgan fingerprint density at radius 1 is 1.31 bits per heavy atom. The van der Waals surface area contributed by atoms with Gasteiger partial charge in [-0.25, -0.2) is 4.98 Å². The Bertz CT molecular complexity index is 836. The lowest BCUT2D eigenvalue weighted by Gasteiger charge is -2.30. The summed E-state index contributed by atoms with van der Waals surface area (Å²) in [5.41, 5.74) is -2.13. The van der Waals surface area contributed by atoms with E-state index in [-0.39, 0.29) is 5.92 Å². The third-order valence-electron chi connectivity index (χ3n) is 4.65. The Labute approximate surface area is 167 Å². The fraction of sp³-hybridized carbons (Fsp3) is 0.500. The number of amides is 1. The monoisotopic (exact) mass is 413 g/mol. The maximum Gasteiger partial charge on any atom is 0.424 e. The second-order valence-electron chi connectivity index (χ2n) is 7.25. The summed E-state index contributed by atoms with van der Waals surface area (Å²) in [5.74, 6) is -0.328. The Hall–Kier alpha value is -2.55. The Morgan fingerprint density at radius 2 is 2.00 bits per heavy atom. The van der Waals surface area contributed by atoms with Gasteiger partial charge in [0.15, 0.2) is 6.10 Å². The molecule has 0 radical (unpaired) electrons. The zero-order valence-corrected chi connectivity index (χ0v) is 16.8. The molecular formula is C20H26F3N3O3. The molecular weight excluding hydrogens is 387 g/mol. The van der Waals surface area contributed by atoms with Crippen LogP contribution in [-0.2, 0) is 17.4 Å². The largest absolute Gasteiger partial charge is 0.481 e. The molecule has 0 saturated heterocycles. The number of halogens is 3. The molecule has 2 atom stereocenters. The minimum Gasteiger partial charge on any atom is -0.481 e. The van der Waals surface area contributed by atoms with E-state index in [1.165, 1.54) is 26.4 Å². The van der Waals surface area contributed by atoms with Crippen molar-refractivity contribution in [3.63, 3.8) is 0 Å². The van der Waals surface area contributed by atoms with Crippen molar-refractivity contribution >= 4 is 5.91 Å². The molecule has 2 aromatic rings. The molecule has 0 bridgehead atoms. The van der Waals surface area contributed by atoms with Crippen LogP contribution in [0.5, 0.6) is 5.75 Å². The average molecular weight is 413 g/mol. The highest BCUT2D eigenvalue weighted by Gasteiger charge is 2.57. The molecule has 0 spiro atoms. The van der Waals surface area contributed by atoms with Gasteiger partial charge in [-0.2, -0.15) is 13.2 Å². The highest BCUT2D eigenvalue weighted by atomic mass is 19.4. The van der Waals surface area contributed by atoms with Gasteiger partial charge in [0.2, 0.25) is 5.60 Å². The number of rotatable bonds is 8. The van der Waals surface area contributed by atoms with Crippen molar-refractivity contribution in [2.45, 2.75) is 51.0 Å². The molecule has 1 amide bonds. The molecule has 0 saturated carbocycles. The van der Waals surface area contributed by atoms with Crippen LogP contribution >= 0.6 is 0 Å². The summed E-state index contributed by atoms with van der Waals surface area (Å²) < 4.78 is 47.1. The van der Waals surface area contributed by atoms with Gasteiger partial charge in [-0.15, -0.1) is 0 Å². The van der Waals surface area contributed by atoms with Crippen molar-refractivity contribution in [2.75, 3.05) is 6.54 Å². The third kappa shape index (κ3) is 5.29. The van der Waals surface area contributed by atoms with Crippen LogP contribution in [0, 0.1) is 0 Å². The number of benzene rings is 1. The number of imidazole rings is 1. The van der Waals surface area contributed by atoms with E-state index in [4.69, 9.17) is 4.74 Å². The van der Waals surface area contributed by atoms with Gasteiger partial charge >= 0.3 is 6.18 Å². The van der Waals surface area contributed by atoms with Gasteiger partial charge in [0, 0.05) is 32.4 Å². The van der Waals surface area contributed by atoms with E-state index in [0.29, 0.717) is 5.75 Å². The summed E-state index contributed by atoms with van der Waals surface area (Å²) in [6.07, 6.45) is -4.15. The van der Waals surface area contributed by atoms with E-state index in [9.17, 15) is 23.1 Å². The van der Waals surface area contributed by atoms with E-state index >= 15 is 0 Å². The number of aryl methyl sites for hydroxylation is 1. The first-order chi connectivity index (χ1) is 13.5. The van der Waals surface area contributed by atoms with E-state index in [1.807, 2.05) is 32.0 Å². The van der Waals surface area contributed by atoms with Crippen LogP contribution in [0.3, 0.4) is 0 Å². The second-order valence-corrected chi connectivity index (χ2v) is 7.25. The SMILES string of the molecule is CC(Oc1cccc(C(C)C)c1)C(=O)NCCC(O)(c1nccn1C)C(F)(F)F. The number of ether oxygens (including phenoxy) is 1. The van der Waals surface area contributed by atoms with Crippen LogP contribution in [0.4, 0.5) is 13.2 Å². The lowest BCUT2D eigenvalue weighted by molar-refractivity contribution is -0.272. The first-order valence-electron chi connectivity index (χ1n) is 9.27. The minimum atomic E-state index is -4.95. The predicted molar refractivity (Wildman–Crippen MR) is 101 cm³/mol. The van der Waals surface area contributed by atoms with Crippen LogP contribution in [-0.4, -0.2) is 39.4 Å². The standard InChI is InChI=1S/C20H26F3N3O3/c1-13(2)15-6-5-7-16(12-15)29-14(3)17(27)24-9-8-19(28,20(21,22)23)18-25-10-11-26(18)4/h5-7,10-14,28H,8-9H2,1-4H3,(H,24,27). The minimum absolute atomic E-state index is 0.286. The molecule has 0 aliphatic heterocycles. The number of nitrogens with zero attached hydrogens (tertiary/aromatic N) is 2. The quantitative estimate of drug-likeness (QED) is 0.697. The van der Waals surface area contributed by atoms with E-state index in [1.54, 1.807) is 6.07 Å². The lowest BCUT2D eigenvalue weighted by atomic mass is 9.97. The zero-order valence-electron chi connectivity index (χ0n) is 16.8. The topological polar surface area (TPSA) is 76.4 Å². The number of nitrogens with one attached hydrogen (secondary N) is 1. The first kappa shape index (κ1) is 22.7. The summed E-state index contributed by atoms with van der Waals surface area (Å²) in [4.78, 5) is 15.9. The normalized spacial score (nSPS) is 15.1. The highest BCUT2D eigenvalue weighted by molar-refractivity contribution is 5.80. The molecule has 2 N–H and O–H groups in total. The fourth-order valence-corrected chi connectivity index (χ4v) is 2.86. The number of aromatic nitrogens is 2. The molecule has 0 aliphatic carbocycles. The summed E-state index contributed by atoms with van der Waals surface area (Å²) >= 11 is 0. The summed E-state index contributed by atoms with van der Waals surface area (Å²) in [5, 5.41) is 12.7. The Morgan fingerprint density at radius 3 is 2.55 bits per heavy atom. The van der Waals surface area contributed by atoms with Crippen LogP contribution in [0.1, 0.15) is 44.5 Å². The van der Waals surface area contributed by atoms with Gasteiger partial charge in [-0.05, 0) is 30.5 Å². The van der Waals surface area contributed by atoms with E-state index < -0.39 is 42.6 Å². The zero-order chi connectivity index (χ0) is 21.8. The van der Waals surface area contributed by atoms with Crippen molar-refractivity contribution in [1.29, 1.82) is 0 Å². The van der Waals surface area contributed by atoms with Gasteiger partial charge in [0.25, 0.3) is 5.91 Å². The molecule has 0 fully saturated rings. The molecule has 9 heteroatoms. The summed E-state index contributed by atoms with van der Waals surface area (Å²) in [7, 11) is 1.36. The predicted octanol–water partition coefficient (Wildman–Crippen LogP) is 3.27. The Kier molecular flexibility index (Phi) is 6.94. The molecule has 1 heterocycles. The van der Waals surface area contributed by atoms with Crippen molar-refractivity contribution in [3.8, 4) is 5.75 Å². The average Bonchev–Trinajstić information content (AvgIpc) is 3.07. The summed E-state index contributed by atoms with van der Waals surface area (Å²) in [6, 6.07) is 7.28. The maximum atomic E-state index is 13.5. The second kappa shape index (κ2) is 8.86. The van der Waals surface area contributed by atoms with Gasteiger partial charge in [-0.1, -0.05) is 26.0 Å². The van der Waals surface area contributed by atoms with Crippen LogP contribution < -0.4 is 10.1 Å². The number of carbonyl (C=O) groups excluding carboxylic acids is 1. The highest BCUT2D eigenvalue weighted by Crippen LogP contribution is 2.40. The van der Waals surface area contributed by atoms with Crippen LogP contribution in [0.25, 0.3) is 0 Å². The lowest BCUT2D eigenvalue weighted by Crippen LogP contribution is -2.47. The maximum absolute atomic E-state index is 13.5. The van der Waals surface area contributed by atoms with Gasteiger partial charge in [0.1, 0.15) is 11.6 Å². The Balaban J connectivity index is 1.98. The molecule has 6 nitrogen and oxygen atoms in total. The fourth-order valence-electron chi connectivity index (χ4n) is 2.86. The number of hydrogen-bond acceptors (Lipinski definition) is 4. The first-order valence-corrected chi connectivity index (χ1v) is 9.27. The molecule has 160 valence electrons. The smallest absolute Gasteiger partial charge is 0.424 e. The third-order valence-corrected chi connectivity index (χ3v) is 4.65. The van der Waals surface area contributed by atoms with Crippen molar-refractivity contribution in [1.82, 2.24) is 14.9 Å². The van der Waals surface area contributed by atoms with E-state index in [2.05, 4.69) is 10.3 Å². The van der Waals surface area contributed by atoms with Crippen molar-refractivity contribution in [3.05, 3.63) is 48.0 Å². The van der Waals surface area contributed by atoms with Crippen molar-refractivity contribution in [2.24, 2.45) is 7.05 Å². The molecule has 1 aromatic carbocycles. The number of carbonyl (C=O) groups is 1. The molecule has 29 heavy (non-hydrogen) atoms. The van der Waals surface area contributed by atoms with Gasteiger partial charge in [-0.3, -0.25) is 4.79 Å². The molecule has 2 unspecified atom stereocenters. The van der Waals surface area contributed by atoms with Crippen LogP contribution in [0.15, 0.2) is 36.7 Å². The number of hydrogen-bond donors (Lipinski definition) is 2.